The number of aromatic nitrogens is 1. The standard InChI is InChI=1S/C6HClF3IN2O5S/c7-19(16,17)5-4(18-6(8,9)10)3(11)2(1-12-5)13(14)15/h1H. The van der Waals surface area contributed by atoms with Crippen LogP contribution in [0, 0.1) is 13.7 Å². The van der Waals surface area contributed by atoms with Gasteiger partial charge in [0.05, 0.1) is 4.92 Å². The zero-order valence-electron chi connectivity index (χ0n) is 8.31. The highest BCUT2D eigenvalue weighted by molar-refractivity contribution is 14.1. The normalized spacial score (nSPS) is 12.3. The minimum Gasteiger partial charge on any atom is -0.401 e. The van der Waals surface area contributed by atoms with Gasteiger partial charge >= 0.3 is 12.0 Å². The highest BCUT2D eigenvalue weighted by Gasteiger charge is 2.38. The Morgan fingerprint density at radius 3 is 2.37 bits per heavy atom. The first-order valence-electron chi connectivity index (χ1n) is 3.97. The molecule has 1 aromatic rings. The Morgan fingerprint density at radius 2 is 2.00 bits per heavy atom. The first-order valence-corrected chi connectivity index (χ1v) is 7.35. The molecule has 1 heterocycles. The van der Waals surface area contributed by atoms with Crippen molar-refractivity contribution in [3.63, 3.8) is 0 Å². The van der Waals surface area contributed by atoms with Gasteiger partial charge in [-0.3, -0.25) is 10.1 Å². The van der Waals surface area contributed by atoms with Crippen molar-refractivity contribution in [2.75, 3.05) is 0 Å². The second kappa shape index (κ2) is 5.24. The molecule has 0 aromatic carbocycles. The molecule has 1 rings (SSSR count). The van der Waals surface area contributed by atoms with Gasteiger partial charge in [-0.05, 0) is 22.6 Å². The van der Waals surface area contributed by atoms with E-state index in [0.717, 1.165) is 22.6 Å². The fourth-order valence-electron chi connectivity index (χ4n) is 0.950. The van der Waals surface area contributed by atoms with Crippen LogP contribution in [0.3, 0.4) is 0 Å². The van der Waals surface area contributed by atoms with Crippen LogP contribution in [0.25, 0.3) is 0 Å². The number of halogens is 5. The van der Waals surface area contributed by atoms with E-state index in [0.29, 0.717) is 6.20 Å². The highest BCUT2D eigenvalue weighted by atomic mass is 127. The molecule has 0 atom stereocenters. The lowest BCUT2D eigenvalue weighted by molar-refractivity contribution is -0.386. The lowest BCUT2D eigenvalue weighted by Crippen LogP contribution is -2.20. The van der Waals surface area contributed by atoms with Crippen molar-refractivity contribution < 1.29 is 31.2 Å². The number of rotatable bonds is 3. The van der Waals surface area contributed by atoms with Gasteiger partial charge in [-0.2, -0.15) is 0 Å². The van der Waals surface area contributed by atoms with Gasteiger partial charge in [0.25, 0.3) is 9.05 Å². The van der Waals surface area contributed by atoms with E-state index < -0.39 is 40.4 Å². The maximum absolute atomic E-state index is 12.2. The first kappa shape index (κ1) is 16.2. The lowest BCUT2D eigenvalue weighted by Gasteiger charge is -2.12. The van der Waals surface area contributed by atoms with Crippen LogP contribution in [-0.4, -0.2) is 24.7 Å². The van der Waals surface area contributed by atoms with E-state index in [-0.39, 0.29) is 0 Å². The molecule has 7 nitrogen and oxygen atoms in total. The van der Waals surface area contributed by atoms with Gasteiger partial charge < -0.3 is 4.74 Å². The van der Waals surface area contributed by atoms with Crippen molar-refractivity contribution in [3.8, 4) is 5.75 Å². The third-order valence-corrected chi connectivity index (χ3v) is 3.80. The fourth-order valence-corrected chi connectivity index (χ4v) is 2.71. The molecule has 0 aliphatic rings. The first-order chi connectivity index (χ1) is 8.43. The van der Waals surface area contributed by atoms with E-state index in [9.17, 15) is 31.7 Å². The Labute approximate surface area is 121 Å². The van der Waals surface area contributed by atoms with Crippen LogP contribution in [-0.2, 0) is 9.05 Å². The zero-order chi connectivity index (χ0) is 15.0. The lowest BCUT2D eigenvalue weighted by atomic mass is 10.4. The van der Waals surface area contributed by atoms with Crippen molar-refractivity contribution >= 4 is 48.0 Å². The molecular weight excluding hydrogens is 431 g/mol. The van der Waals surface area contributed by atoms with Crippen LogP contribution in [0.2, 0.25) is 0 Å². The summed E-state index contributed by atoms with van der Waals surface area (Å²) in [6.45, 7) is 0. The third kappa shape index (κ3) is 4.04. The fraction of sp³-hybridized carbons (Fsp3) is 0.167. The predicted octanol–water partition coefficient (Wildman–Crippen LogP) is 2.42. The summed E-state index contributed by atoms with van der Waals surface area (Å²) in [6.07, 6.45) is -4.78. The van der Waals surface area contributed by atoms with Crippen LogP contribution in [0.1, 0.15) is 0 Å². The van der Waals surface area contributed by atoms with Gasteiger partial charge in [-0.1, -0.05) is 0 Å². The monoisotopic (exact) mass is 432 g/mol. The van der Waals surface area contributed by atoms with Crippen molar-refractivity contribution in [3.05, 3.63) is 19.9 Å². The molecule has 0 aliphatic carbocycles. The molecule has 1 aromatic heterocycles. The van der Waals surface area contributed by atoms with Gasteiger partial charge in [0.1, 0.15) is 9.77 Å². The number of hydrogen-bond acceptors (Lipinski definition) is 6. The maximum atomic E-state index is 12.2. The van der Waals surface area contributed by atoms with E-state index in [4.69, 9.17) is 10.7 Å². The van der Waals surface area contributed by atoms with E-state index in [1.807, 2.05) is 0 Å². The second-order valence-electron chi connectivity index (χ2n) is 2.83. The molecule has 0 spiro atoms. The molecule has 0 aliphatic heterocycles. The van der Waals surface area contributed by atoms with Gasteiger partial charge in [0.15, 0.2) is 5.75 Å². The summed E-state index contributed by atoms with van der Waals surface area (Å²) in [5, 5.41) is 9.29. The number of alkyl halides is 3. The molecule has 0 amide bonds. The van der Waals surface area contributed by atoms with Crippen molar-refractivity contribution in [2.24, 2.45) is 0 Å². The predicted molar refractivity (Wildman–Crippen MR) is 63.3 cm³/mol. The Morgan fingerprint density at radius 1 is 1.47 bits per heavy atom. The average molecular weight is 433 g/mol. The summed E-state index contributed by atoms with van der Waals surface area (Å²) in [5.41, 5.74) is -0.844. The number of nitrogens with zero attached hydrogens (tertiary/aromatic N) is 2. The SMILES string of the molecule is O=[N+]([O-])c1cnc(S(=O)(=O)Cl)c(OC(F)(F)F)c1I. The Kier molecular flexibility index (Phi) is 4.46. The zero-order valence-corrected chi connectivity index (χ0v) is 12.0. The maximum Gasteiger partial charge on any atom is 0.573 e. The summed E-state index contributed by atoms with van der Waals surface area (Å²) in [7, 11) is 0.224. The molecule has 19 heavy (non-hydrogen) atoms. The molecule has 0 saturated carbocycles. The molecule has 13 heteroatoms. The van der Waals surface area contributed by atoms with E-state index in [1.54, 1.807) is 0 Å². The minimum absolute atomic E-state index is 0.472. The van der Waals surface area contributed by atoms with E-state index in [2.05, 4.69) is 9.72 Å². The quantitative estimate of drug-likeness (QED) is 0.315. The van der Waals surface area contributed by atoms with Crippen LogP contribution >= 0.6 is 33.3 Å². The topological polar surface area (TPSA) is 99.4 Å². The van der Waals surface area contributed by atoms with Crippen LogP contribution in [0.4, 0.5) is 18.9 Å². The van der Waals surface area contributed by atoms with Crippen molar-refractivity contribution in [1.29, 1.82) is 0 Å². The summed E-state index contributed by atoms with van der Waals surface area (Å²) in [5.74, 6) is -1.34. The molecule has 0 saturated heterocycles. The molecule has 0 bridgehead atoms. The van der Waals surface area contributed by atoms with Crippen LogP contribution in [0.15, 0.2) is 11.2 Å². The molecule has 0 fully saturated rings. The largest absolute Gasteiger partial charge is 0.573 e. The van der Waals surface area contributed by atoms with E-state index >= 15 is 0 Å². The molecule has 0 N–H and O–H groups in total. The number of ether oxygens (including phenoxy) is 1. The molecule has 0 radical (unpaired) electrons. The Hall–Kier alpha value is -0.890. The van der Waals surface area contributed by atoms with Gasteiger partial charge in [-0.15, -0.1) is 13.2 Å². The van der Waals surface area contributed by atoms with Gasteiger partial charge in [-0.25, -0.2) is 13.4 Å². The van der Waals surface area contributed by atoms with Crippen LogP contribution in [0.5, 0.6) is 5.75 Å². The number of nitro groups is 1. The summed E-state index contributed by atoms with van der Waals surface area (Å²) < 4.78 is 61.4. The molecule has 106 valence electrons. The molecule has 0 unspecified atom stereocenters. The van der Waals surface area contributed by atoms with Crippen molar-refractivity contribution in [1.82, 2.24) is 4.98 Å². The summed E-state index contributed by atoms with van der Waals surface area (Å²) >= 11 is 1.13. The minimum atomic E-state index is -5.26. The Bertz CT molecular complexity index is 634. The number of pyridine rings is 1. The third-order valence-electron chi connectivity index (χ3n) is 1.57. The summed E-state index contributed by atoms with van der Waals surface area (Å²) in [4.78, 5) is 12.5. The number of hydrogen-bond donors (Lipinski definition) is 0. The van der Waals surface area contributed by atoms with Gasteiger partial charge in [0, 0.05) is 10.7 Å². The second-order valence-corrected chi connectivity index (χ2v) is 6.39. The summed E-state index contributed by atoms with van der Waals surface area (Å²) in [6, 6.07) is 0. The van der Waals surface area contributed by atoms with Crippen molar-refractivity contribution in [2.45, 2.75) is 11.4 Å². The highest BCUT2D eigenvalue weighted by Crippen LogP contribution is 2.38. The average Bonchev–Trinajstić information content (AvgIpc) is 2.16. The van der Waals surface area contributed by atoms with Crippen LogP contribution < -0.4 is 4.74 Å². The van der Waals surface area contributed by atoms with E-state index in [1.165, 1.54) is 0 Å². The van der Waals surface area contributed by atoms with Gasteiger partial charge in [0.2, 0.25) is 5.03 Å². The Balaban J connectivity index is 3.60. The smallest absolute Gasteiger partial charge is 0.401 e. The molecular formula is C6HClF3IN2O5S.